The van der Waals surface area contributed by atoms with Crippen LogP contribution in [0.4, 0.5) is 0 Å². The van der Waals surface area contributed by atoms with Crippen LogP contribution in [0.2, 0.25) is 0 Å². The molecule has 2 aromatic carbocycles. The highest BCUT2D eigenvalue weighted by atomic mass is 16.5. The van der Waals surface area contributed by atoms with Gasteiger partial charge in [-0.2, -0.15) is 0 Å². The number of carboxylic acid groups (broad SMARTS) is 1. The maximum absolute atomic E-state index is 12.4. The monoisotopic (exact) mass is 341 g/mol. The second-order valence-electron chi connectivity index (χ2n) is 6.01. The number of carboxylic acids is 1. The van der Waals surface area contributed by atoms with Crippen LogP contribution < -0.4 is 10.1 Å². The number of hydrogen-bond acceptors (Lipinski definition) is 3. The van der Waals surface area contributed by atoms with E-state index in [-0.39, 0.29) is 24.7 Å². The quantitative estimate of drug-likeness (QED) is 0.770. The second kappa shape index (κ2) is 8.87. The fourth-order valence-electron chi connectivity index (χ4n) is 2.69. The predicted octanol–water partition coefficient (Wildman–Crippen LogP) is 3.52. The highest BCUT2D eigenvalue weighted by Crippen LogP contribution is 2.23. The van der Waals surface area contributed by atoms with E-state index in [2.05, 4.69) is 5.32 Å². The Bertz CT molecular complexity index is 697. The van der Waals surface area contributed by atoms with Gasteiger partial charge in [-0.05, 0) is 29.2 Å². The molecule has 2 N–H and O–H groups in total. The van der Waals surface area contributed by atoms with Crippen molar-refractivity contribution in [3.05, 3.63) is 65.7 Å². The summed E-state index contributed by atoms with van der Waals surface area (Å²) < 4.78 is 5.13. The van der Waals surface area contributed by atoms with Crippen molar-refractivity contribution in [3.63, 3.8) is 0 Å². The summed E-state index contributed by atoms with van der Waals surface area (Å²) in [6.45, 7) is 1.97. The Morgan fingerprint density at radius 1 is 1.00 bits per heavy atom. The van der Waals surface area contributed by atoms with Gasteiger partial charge in [-0.25, -0.2) is 0 Å². The Kier molecular flexibility index (Phi) is 6.57. The predicted molar refractivity (Wildman–Crippen MR) is 95.6 cm³/mol. The van der Waals surface area contributed by atoms with Gasteiger partial charge in [0.1, 0.15) is 5.75 Å². The van der Waals surface area contributed by atoms with Crippen molar-refractivity contribution in [3.8, 4) is 5.75 Å². The molecule has 0 heterocycles. The molecule has 0 saturated heterocycles. The normalized spacial score (nSPS) is 12.9. The van der Waals surface area contributed by atoms with Crippen LogP contribution in [0.5, 0.6) is 5.75 Å². The molecule has 0 bridgehead atoms. The summed E-state index contributed by atoms with van der Waals surface area (Å²) in [4.78, 5) is 23.5. The zero-order valence-electron chi connectivity index (χ0n) is 14.4. The van der Waals surface area contributed by atoms with Gasteiger partial charge < -0.3 is 15.2 Å². The van der Waals surface area contributed by atoms with Gasteiger partial charge >= 0.3 is 5.97 Å². The van der Waals surface area contributed by atoms with Gasteiger partial charge in [0, 0.05) is 6.42 Å². The van der Waals surface area contributed by atoms with E-state index in [0.29, 0.717) is 0 Å². The maximum atomic E-state index is 12.4. The first-order valence-electron chi connectivity index (χ1n) is 8.19. The van der Waals surface area contributed by atoms with E-state index in [1.807, 2.05) is 61.5 Å². The van der Waals surface area contributed by atoms with Crippen LogP contribution in [-0.2, 0) is 9.59 Å². The number of aliphatic carboxylic acids is 1. The van der Waals surface area contributed by atoms with Gasteiger partial charge in [0.15, 0.2) is 0 Å². The van der Waals surface area contributed by atoms with E-state index in [1.54, 1.807) is 7.11 Å². The number of benzene rings is 2. The lowest BCUT2D eigenvalue weighted by atomic mass is 9.96. The van der Waals surface area contributed by atoms with Gasteiger partial charge in [-0.1, -0.05) is 49.4 Å². The van der Waals surface area contributed by atoms with Crippen molar-refractivity contribution in [1.82, 2.24) is 5.32 Å². The average molecular weight is 341 g/mol. The summed E-state index contributed by atoms with van der Waals surface area (Å²) in [5.74, 6) is -0.325. The number of methoxy groups -OCH3 is 1. The molecular formula is C20H23NO4. The minimum atomic E-state index is -0.947. The molecule has 25 heavy (non-hydrogen) atoms. The van der Waals surface area contributed by atoms with E-state index >= 15 is 0 Å². The summed E-state index contributed by atoms with van der Waals surface area (Å²) in [5.41, 5.74) is 1.82. The molecule has 0 aliphatic carbocycles. The minimum Gasteiger partial charge on any atom is -0.497 e. The van der Waals surface area contributed by atoms with Gasteiger partial charge in [-0.15, -0.1) is 0 Å². The molecule has 0 spiro atoms. The van der Waals surface area contributed by atoms with Crippen molar-refractivity contribution in [1.29, 1.82) is 0 Å². The molecule has 2 aromatic rings. The van der Waals surface area contributed by atoms with Crippen molar-refractivity contribution in [2.24, 2.45) is 0 Å². The lowest BCUT2D eigenvalue weighted by molar-refractivity contribution is -0.137. The molecule has 0 aromatic heterocycles. The Balaban J connectivity index is 2.01. The van der Waals surface area contributed by atoms with Crippen LogP contribution in [-0.4, -0.2) is 24.1 Å². The molecule has 0 saturated carbocycles. The molecule has 0 aliphatic heterocycles. The van der Waals surface area contributed by atoms with E-state index in [9.17, 15) is 9.59 Å². The Hall–Kier alpha value is -2.82. The van der Waals surface area contributed by atoms with Gasteiger partial charge in [0.05, 0.1) is 19.6 Å². The van der Waals surface area contributed by atoms with Gasteiger partial charge in [-0.3, -0.25) is 9.59 Å². The third-order valence-electron chi connectivity index (χ3n) is 4.09. The number of carbonyl (C=O) groups is 2. The number of ether oxygens (including phenoxy) is 1. The molecule has 132 valence electrons. The van der Waals surface area contributed by atoms with E-state index < -0.39 is 12.0 Å². The molecule has 5 nitrogen and oxygen atoms in total. The van der Waals surface area contributed by atoms with E-state index in [1.165, 1.54) is 0 Å². The fraction of sp³-hybridized carbons (Fsp3) is 0.300. The maximum Gasteiger partial charge on any atom is 0.305 e. The number of rotatable bonds is 8. The van der Waals surface area contributed by atoms with Crippen LogP contribution >= 0.6 is 0 Å². The average Bonchev–Trinajstić information content (AvgIpc) is 2.61. The summed E-state index contributed by atoms with van der Waals surface area (Å²) >= 11 is 0. The first kappa shape index (κ1) is 18.5. The molecule has 0 radical (unpaired) electrons. The first-order chi connectivity index (χ1) is 12.0. The molecule has 0 fully saturated rings. The standard InChI is InChI=1S/C20H23NO4/c1-14(15-8-10-17(25-2)11-9-15)12-19(22)21-18(13-20(23)24)16-6-4-3-5-7-16/h3-11,14,18H,12-13H2,1-2H3,(H,21,22)(H,23,24). The third kappa shape index (κ3) is 5.64. The van der Waals surface area contributed by atoms with Crippen LogP contribution in [0, 0.1) is 0 Å². The third-order valence-corrected chi connectivity index (χ3v) is 4.09. The fourth-order valence-corrected chi connectivity index (χ4v) is 2.69. The molecule has 0 aliphatic rings. The highest BCUT2D eigenvalue weighted by molar-refractivity contribution is 5.78. The van der Waals surface area contributed by atoms with Gasteiger partial charge in [0.2, 0.25) is 5.91 Å². The largest absolute Gasteiger partial charge is 0.497 e. The number of amides is 1. The Morgan fingerprint density at radius 2 is 1.64 bits per heavy atom. The molecule has 2 atom stereocenters. The van der Waals surface area contributed by atoms with Crippen molar-refractivity contribution >= 4 is 11.9 Å². The topological polar surface area (TPSA) is 75.6 Å². The molecule has 1 amide bonds. The highest BCUT2D eigenvalue weighted by Gasteiger charge is 2.19. The molecule has 5 heteroatoms. The van der Waals surface area contributed by atoms with Crippen molar-refractivity contribution < 1.29 is 19.4 Å². The number of hydrogen-bond donors (Lipinski definition) is 2. The molecular weight excluding hydrogens is 318 g/mol. The SMILES string of the molecule is COc1ccc(C(C)CC(=O)NC(CC(=O)O)c2ccccc2)cc1. The van der Waals surface area contributed by atoms with Crippen LogP contribution in [0.15, 0.2) is 54.6 Å². The summed E-state index contributed by atoms with van der Waals surface area (Å²) in [6, 6.07) is 16.2. The smallest absolute Gasteiger partial charge is 0.305 e. The number of nitrogens with one attached hydrogen (secondary N) is 1. The minimum absolute atomic E-state index is 0.0205. The van der Waals surface area contributed by atoms with E-state index in [0.717, 1.165) is 16.9 Å². The van der Waals surface area contributed by atoms with Crippen LogP contribution in [0.25, 0.3) is 0 Å². The van der Waals surface area contributed by atoms with Crippen molar-refractivity contribution in [2.75, 3.05) is 7.11 Å². The van der Waals surface area contributed by atoms with Crippen LogP contribution in [0.3, 0.4) is 0 Å². The summed E-state index contributed by atoms with van der Waals surface area (Å²) in [5, 5.41) is 11.9. The van der Waals surface area contributed by atoms with Crippen molar-refractivity contribution in [2.45, 2.75) is 31.7 Å². The number of carbonyl (C=O) groups excluding carboxylic acids is 1. The molecule has 2 rings (SSSR count). The lowest BCUT2D eigenvalue weighted by Gasteiger charge is -2.19. The summed E-state index contributed by atoms with van der Waals surface area (Å²) in [7, 11) is 1.61. The second-order valence-corrected chi connectivity index (χ2v) is 6.01. The van der Waals surface area contributed by atoms with E-state index in [4.69, 9.17) is 9.84 Å². The first-order valence-corrected chi connectivity index (χ1v) is 8.19. The Morgan fingerprint density at radius 3 is 2.20 bits per heavy atom. The summed E-state index contributed by atoms with van der Waals surface area (Å²) in [6.07, 6.45) is 0.141. The molecule has 2 unspecified atom stereocenters. The zero-order chi connectivity index (χ0) is 18.2. The Labute approximate surface area is 147 Å². The van der Waals surface area contributed by atoms with Crippen LogP contribution in [0.1, 0.15) is 42.9 Å². The van der Waals surface area contributed by atoms with Gasteiger partial charge in [0.25, 0.3) is 0 Å². The lowest BCUT2D eigenvalue weighted by Crippen LogP contribution is -2.30. The zero-order valence-corrected chi connectivity index (χ0v) is 14.4.